The zero-order valence-corrected chi connectivity index (χ0v) is 19.1. The molecule has 1 fully saturated rings. The van der Waals surface area contributed by atoms with Gasteiger partial charge >= 0.3 is 0 Å². The first kappa shape index (κ1) is 23.6. The van der Waals surface area contributed by atoms with Gasteiger partial charge in [0.25, 0.3) is 5.91 Å². The van der Waals surface area contributed by atoms with Crippen LogP contribution in [0.15, 0.2) is 42.5 Å². The number of amides is 1. The molecule has 2 aromatic carbocycles. The second-order valence-corrected chi connectivity index (χ2v) is 8.81. The zero-order chi connectivity index (χ0) is 23.2. The lowest BCUT2D eigenvalue weighted by molar-refractivity contribution is -0.0155. The average molecular weight is 459 g/mol. The van der Waals surface area contributed by atoms with Crippen LogP contribution in [0.1, 0.15) is 48.0 Å². The largest absolute Gasteiger partial charge is 0.491 e. The third-order valence-corrected chi connectivity index (χ3v) is 6.71. The molecule has 7 heteroatoms. The molecule has 2 aromatic rings. The summed E-state index contributed by atoms with van der Waals surface area (Å²) in [6.07, 6.45) is 4.51. The molecule has 2 aliphatic rings. The smallest absolute Gasteiger partial charge is 0.257 e. The van der Waals surface area contributed by atoms with E-state index in [1.165, 1.54) is 6.07 Å². The normalized spacial score (nSPS) is 22.9. The van der Waals surface area contributed by atoms with Gasteiger partial charge < -0.3 is 14.4 Å². The van der Waals surface area contributed by atoms with Crippen molar-refractivity contribution in [1.29, 1.82) is 0 Å². The van der Waals surface area contributed by atoms with Crippen molar-refractivity contribution in [2.75, 3.05) is 33.4 Å². The fourth-order valence-electron chi connectivity index (χ4n) is 4.97. The summed E-state index contributed by atoms with van der Waals surface area (Å²) in [6.45, 7) is 2.66. The van der Waals surface area contributed by atoms with Gasteiger partial charge in [0.1, 0.15) is 12.4 Å². The summed E-state index contributed by atoms with van der Waals surface area (Å²) in [7, 11) is 1.71. The molecule has 4 rings (SSSR count). The van der Waals surface area contributed by atoms with E-state index in [9.17, 15) is 13.6 Å². The van der Waals surface area contributed by atoms with E-state index in [1.54, 1.807) is 13.2 Å². The summed E-state index contributed by atoms with van der Waals surface area (Å²) in [5.74, 6) is -1.09. The van der Waals surface area contributed by atoms with Crippen LogP contribution in [0.5, 0.6) is 5.75 Å². The van der Waals surface area contributed by atoms with E-state index in [2.05, 4.69) is 4.90 Å². The summed E-state index contributed by atoms with van der Waals surface area (Å²) in [5.41, 5.74) is 0.897. The standard InChI is InChI=1S/C26H32F2N2O3/c1-32-24-13-7-15-30-22(24)11-4-5-14-29(18-19-8-6-10-21(27)25(19)28)16-17-33-23-12-3-2-9-20(23)26(30)31/h2-3,6,8-10,12,22,24H,4-5,7,11,13-18H2,1H3/t22-,24-/m1/s1. The second-order valence-electron chi connectivity index (χ2n) is 8.81. The first-order chi connectivity index (χ1) is 16.1. The Balaban J connectivity index is 1.57. The van der Waals surface area contributed by atoms with Crippen LogP contribution in [0.4, 0.5) is 8.78 Å². The number of nitrogens with zero attached hydrogens (tertiary/aromatic N) is 2. The fourth-order valence-corrected chi connectivity index (χ4v) is 4.97. The number of rotatable bonds is 3. The molecule has 2 heterocycles. The van der Waals surface area contributed by atoms with Gasteiger partial charge in [0.2, 0.25) is 0 Å². The van der Waals surface area contributed by atoms with Crippen LogP contribution < -0.4 is 4.74 Å². The number of halogens is 2. The molecule has 0 aromatic heterocycles. The molecule has 33 heavy (non-hydrogen) atoms. The van der Waals surface area contributed by atoms with Crippen LogP contribution in [-0.2, 0) is 11.3 Å². The van der Waals surface area contributed by atoms with Crippen molar-refractivity contribution in [3.05, 3.63) is 65.2 Å². The highest BCUT2D eigenvalue weighted by atomic mass is 19.2. The minimum absolute atomic E-state index is 0.0124. The number of carbonyl (C=O) groups excluding carboxylic acids is 1. The van der Waals surface area contributed by atoms with Crippen molar-refractivity contribution in [3.63, 3.8) is 0 Å². The van der Waals surface area contributed by atoms with E-state index in [4.69, 9.17) is 9.47 Å². The Kier molecular flexibility index (Phi) is 7.93. The van der Waals surface area contributed by atoms with Crippen LogP contribution in [0.25, 0.3) is 0 Å². The predicted octanol–water partition coefficient (Wildman–Crippen LogP) is 4.65. The van der Waals surface area contributed by atoms with E-state index in [0.29, 0.717) is 43.1 Å². The molecule has 5 nitrogen and oxygen atoms in total. The van der Waals surface area contributed by atoms with Crippen LogP contribution >= 0.6 is 0 Å². The van der Waals surface area contributed by atoms with Crippen LogP contribution in [0, 0.1) is 11.6 Å². The summed E-state index contributed by atoms with van der Waals surface area (Å²) < 4.78 is 39.8. The maximum atomic E-state index is 14.3. The van der Waals surface area contributed by atoms with Crippen molar-refractivity contribution in [2.24, 2.45) is 0 Å². The van der Waals surface area contributed by atoms with Crippen LogP contribution in [0.2, 0.25) is 0 Å². The molecule has 1 saturated heterocycles. The minimum Gasteiger partial charge on any atom is -0.491 e. The molecule has 0 spiro atoms. The Morgan fingerprint density at radius 1 is 1.00 bits per heavy atom. The van der Waals surface area contributed by atoms with Crippen molar-refractivity contribution in [1.82, 2.24) is 9.80 Å². The van der Waals surface area contributed by atoms with Crippen molar-refractivity contribution in [2.45, 2.75) is 50.8 Å². The van der Waals surface area contributed by atoms with E-state index in [0.717, 1.165) is 44.7 Å². The van der Waals surface area contributed by atoms with Gasteiger partial charge in [-0.05, 0) is 50.4 Å². The molecule has 1 amide bonds. The number of methoxy groups -OCH3 is 1. The lowest BCUT2D eigenvalue weighted by Gasteiger charge is -2.41. The van der Waals surface area contributed by atoms with Crippen LogP contribution in [0.3, 0.4) is 0 Å². The Bertz CT molecular complexity index is 955. The molecule has 0 unspecified atom stereocenters. The predicted molar refractivity (Wildman–Crippen MR) is 122 cm³/mol. The molecular formula is C26H32F2N2O3. The van der Waals surface area contributed by atoms with Crippen molar-refractivity contribution < 1.29 is 23.0 Å². The number of benzene rings is 2. The molecule has 0 radical (unpaired) electrons. The lowest BCUT2D eigenvalue weighted by atomic mass is 9.93. The van der Waals surface area contributed by atoms with Crippen LogP contribution in [-0.4, -0.2) is 61.2 Å². The molecule has 178 valence electrons. The number of hydrogen-bond donors (Lipinski definition) is 0. The fraction of sp³-hybridized carbons (Fsp3) is 0.500. The van der Waals surface area contributed by atoms with Gasteiger partial charge in [0.05, 0.1) is 17.7 Å². The van der Waals surface area contributed by atoms with Gasteiger partial charge in [-0.25, -0.2) is 8.78 Å². The maximum Gasteiger partial charge on any atom is 0.257 e. The number of para-hydroxylation sites is 1. The highest BCUT2D eigenvalue weighted by molar-refractivity contribution is 5.97. The summed E-state index contributed by atoms with van der Waals surface area (Å²) in [6, 6.07) is 11.6. The molecule has 2 aliphatic heterocycles. The number of hydrogen-bond acceptors (Lipinski definition) is 4. The summed E-state index contributed by atoms with van der Waals surface area (Å²) in [5, 5.41) is 0. The quantitative estimate of drug-likeness (QED) is 0.672. The monoisotopic (exact) mass is 458 g/mol. The third kappa shape index (κ3) is 5.53. The van der Waals surface area contributed by atoms with Gasteiger partial charge in [-0.15, -0.1) is 0 Å². The van der Waals surface area contributed by atoms with E-state index in [-0.39, 0.29) is 18.1 Å². The first-order valence-electron chi connectivity index (χ1n) is 11.8. The van der Waals surface area contributed by atoms with Gasteiger partial charge in [-0.3, -0.25) is 9.69 Å². The Hall–Kier alpha value is -2.51. The number of fused-ring (bicyclic) bond motifs is 2. The lowest BCUT2D eigenvalue weighted by Crippen LogP contribution is -2.51. The molecular weight excluding hydrogens is 426 g/mol. The summed E-state index contributed by atoms with van der Waals surface area (Å²) >= 11 is 0. The van der Waals surface area contributed by atoms with Gasteiger partial charge in [-0.2, -0.15) is 0 Å². The number of carbonyl (C=O) groups is 1. The van der Waals surface area contributed by atoms with E-state index >= 15 is 0 Å². The van der Waals surface area contributed by atoms with Crippen molar-refractivity contribution in [3.8, 4) is 5.75 Å². The molecule has 0 saturated carbocycles. The van der Waals surface area contributed by atoms with E-state index < -0.39 is 11.6 Å². The highest BCUT2D eigenvalue weighted by Crippen LogP contribution is 2.29. The average Bonchev–Trinajstić information content (AvgIpc) is 2.84. The topological polar surface area (TPSA) is 42.0 Å². The zero-order valence-electron chi connectivity index (χ0n) is 19.1. The third-order valence-electron chi connectivity index (χ3n) is 6.71. The molecule has 2 atom stereocenters. The highest BCUT2D eigenvalue weighted by Gasteiger charge is 2.35. The first-order valence-corrected chi connectivity index (χ1v) is 11.8. The molecule has 0 aliphatic carbocycles. The maximum absolute atomic E-state index is 14.3. The van der Waals surface area contributed by atoms with Crippen molar-refractivity contribution >= 4 is 5.91 Å². The molecule has 0 bridgehead atoms. The van der Waals surface area contributed by atoms with E-state index in [1.807, 2.05) is 29.2 Å². The Morgan fingerprint density at radius 3 is 2.70 bits per heavy atom. The Morgan fingerprint density at radius 2 is 1.85 bits per heavy atom. The molecule has 0 N–H and O–H groups in total. The minimum atomic E-state index is -0.829. The SMILES string of the molecule is CO[C@@H]1CCCN2C(=O)c3ccccc3OCCN(Cc3cccc(F)c3F)CCCC[C@H]12. The summed E-state index contributed by atoms with van der Waals surface area (Å²) in [4.78, 5) is 17.6. The number of ether oxygens (including phenoxy) is 2. The van der Waals surface area contributed by atoms with Gasteiger partial charge in [0.15, 0.2) is 11.6 Å². The number of piperidine rings is 1. The second kappa shape index (κ2) is 11.1. The van der Waals surface area contributed by atoms with Gasteiger partial charge in [-0.1, -0.05) is 30.7 Å². The Labute approximate surface area is 194 Å². The van der Waals surface area contributed by atoms with Gasteiger partial charge in [0, 0.05) is 32.3 Å².